The molecule has 2 fully saturated rings. The molecule has 0 bridgehead atoms. The van der Waals surface area contributed by atoms with Crippen LogP contribution in [0, 0.1) is 0 Å². The summed E-state index contributed by atoms with van der Waals surface area (Å²) in [5, 5.41) is 1.32. The van der Waals surface area contributed by atoms with Crippen molar-refractivity contribution < 1.29 is 36.0 Å². The number of thiocarbonyl (C=S) groups is 1. The van der Waals surface area contributed by atoms with Gasteiger partial charge in [0.1, 0.15) is 28.9 Å². The van der Waals surface area contributed by atoms with E-state index in [0.717, 1.165) is 6.07 Å². The zero-order valence-corrected chi connectivity index (χ0v) is 20.3. The van der Waals surface area contributed by atoms with Crippen molar-refractivity contribution in [3.05, 3.63) is 57.2 Å². The minimum absolute atomic E-state index is 0.0581. The van der Waals surface area contributed by atoms with Crippen LogP contribution in [0.3, 0.4) is 0 Å². The molecule has 2 atom stereocenters. The van der Waals surface area contributed by atoms with Gasteiger partial charge in [-0.3, -0.25) is 9.63 Å². The molecule has 15 heteroatoms. The van der Waals surface area contributed by atoms with Crippen molar-refractivity contribution in [1.29, 1.82) is 0 Å². The van der Waals surface area contributed by atoms with Gasteiger partial charge in [-0.1, -0.05) is 35.4 Å². The Bertz CT molecular complexity index is 1190. The van der Waals surface area contributed by atoms with Crippen LogP contribution in [-0.2, 0) is 21.2 Å². The summed E-state index contributed by atoms with van der Waals surface area (Å²) in [5.41, 5.74) is -2.11. The zero-order valence-electron chi connectivity index (χ0n) is 17.9. The number of benzene rings is 1. The predicted octanol–water partition coefficient (Wildman–Crippen LogP) is 4.81. The fraction of sp³-hybridized carbons (Fsp3) is 0.381. The van der Waals surface area contributed by atoms with Crippen LogP contribution in [0.5, 0.6) is 0 Å². The number of anilines is 1. The second-order valence-electron chi connectivity index (χ2n) is 8.28. The first-order valence-electron chi connectivity index (χ1n) is 10.3. The number of carbonyl (C=O) groups excluding carboxylic acids is 1. The van der Waals surface area contributed by atoms with Gasteiger partial charge in [0.2, 0.25) is 0 Å². The molecule has 2 N–H and O–H groups in total. The maximum Gasteiger partial charge on any atom is 0.417 e. The van der Waals surface area contributed by atoms with Crippen LogP contribution in [-0.4, -0.2) is 47.8 Å². The van der Waals surface area contributed by atoms with Gasteiger partial charge in [-0.2, -0.15) is 26.3 Å². The van der Waals surface area contributed by atoms with Crippen LogP contribution in [0.1, 0.15) is 23.1 Å². The Morgan fingerprint density at radius 1 is 1.22 bits per heavy atom. The average Bonchev–Trinajstić information content (AvgIpc) is 3.42. The molecule has 2 aliphatic rings. The molecule has 0 aliphatic carbocycles. The first-order chi connectivity index (χ1) is 16.7. The molecule has 2 unspecified atom stereocenters. The fourth-order valence-electron chi connectivity index (χ4n) is 4.11. The molecule has 36 heavy (non-hydrogen) atoms. The molecule has 2 saturated heterocycles. The topological polar surface area (TPSA) is 66.5 Å². The molecule has 194 valence electrons. The molecule has 1 aromatic carbocycles. The summed E-state index contributed by atoms with van der Waals surface area (Å²) in [6.07, 6.45) is -9.08. The van der Waals surface area contributed by atoms with Crippen LogP contribution in [0.2, 0.25) is 10.0 Å². The number of aromatic nitrogens is 1. The largest absolute Gasteiger partial charge is 0.417 e. The van der Waals surface area contributed by atoms with Crippen molar-refractivity contribution in [2.24, 2.45) is 0 Å². The van der Waals surface area contributed by atoms with Gasteiger partial charge in [-0.25, -0.2) is 10.5 Å². The molecule has 4 rings (SSSR count). The monoisotopic (exact) mass is 572 g/mol. The van der Waals surface area contributed by atoms with Crippen molar-refractivity contribution in [1.82, 2.24) is 15.8 Å². The number of pyridine rings is 1. The summed E-state index contributed by atoms with van der Waals surface area (Å²) in [5.74, 6) is -0.232. The second kappa shape index (κ2) is 9.51. The maximum absolute atomic E-state index is 14.4. The van der Waals surface area contributed by atoms with E-state index in [1.807, 2.05) is 0 Å². The van der Waals surface area contributed by atoms with Crippen molar-refractivity contribution in [2.75, 3.05) is 24.6 Å². The highest BCUT2D eigenvalue weighted by Crippen LogP contribution is 2.51. The number of halogens is 8. The highest BCUT2D eigenvalue weighted by Gasteiger charge is 2.59. The van der Waals surface area contributed by atoms with E-state index in [1.54, 1.807) is 0 Å². The predicted molar refractivity (Wildman–Crippen MR) is 123 cm³/mol. The van der Waals surface area contributed by atoms with Gasteiger partial charge in [0, 0.05) is 24.8 Å². The lowest BCUT2D eigenvalue weighted by molar-refractivity contribution is -0.184. The lowest BCUT2D eigenvalue weighted by atomic mass is 9.78. The molecular weight excluding hydrogens is 557 g/mol. The van der Waals surface area contributed by atoms with E-state index in [1.165, 1.54) is 23.2 Å². The molecule has 1 aromatic heterocycles. The molecule has 0 radical (unpaired) electrons. The van der Waals surface area contributed by atoms with Gasteiger partial charge in [-0.05, 0) is 36.2 Å². The molecule has 3 heterocycles. The van der Waals surface area contributed by atoms with Crippen molar-refractivity contribution >= 4 is 52.1 Å². The summed E-state index contributed by atoms with van der Waals surface area (Å²) >= 11 is 16.7. The summed E-state index contributed by atoms with van der Waals surface area (Å²) < 4.78 is 83.4. The molecular formula is C21H16Cl2F6N4O2S. The van der Waals surface area contributed by atoms with Gasteiger partial charge in [0.05, 0.1) is 15.6 Å². The summed E-state index contributed by atoms with van der Waals surface area (Å²) in [6.45, 7) is -0.751. The molecule has 0 saturated carbocycles. The van der Waals surface area contributed by atoms with Crippen molar-refractivity contribution in [3.63, 3.8) is 0 Å². The Kier molecular flexibility index (Phi) is 7.05. The van der Waals surface area contributed by atoms with E-state index in [-0.39, 0.29) is 24.0 Å². The number of nitrogens with one attached hydrogen (secondary N) is 2. The zero-order chi connectivity index (χ0) is 26.5. The van der Waals surface area contributed by atoms with Crippen LogP contribution in [0.15, 0.2) is 30.5 Å². The normalized spacial score (nSPS) is 22.6. The number of rotatable bonds is 4. The Hall–Kier alpha value is -2.35. The first kappa shape index (κ1) is 26.7. The third-order valence-corrected chi connectivity index (χ3v) is 7.23. The number of hydroxylamine groups is 1. The number of amides is 1. The molecule has 6 nitrogen and oxygen atoms in total. The Labute approximate surface area is 215 Å². The Balaban J connectivity index is 1.60. The number of hydrogen-bond donors (Lipinski definition) is 2. The van der Waals surface area contributed by atoms with E-state index in [4.69, 9.17) is 40.3 Å². The first-order valence-corrected chi connectivity index (χ1v) is 11.5. The minimum atomic E-state index is -4.99. The maximum atomic E-state index is 14.4. The average molecular weight is 573 g/mol. The van der Waals surface area contributed by atoms with Crippen LogP contribution >= 0.6 is 35.4 Å². The quantitative estimate of drug-likeness (QED) is 0.405. The second-order valence-corrected chi connectivity index (χ2v) is 9.47. The van der Waals surface area contributed by atoms with Gasteiger partial charge in [0.25, 0.3) is 5.91 Å². The van der Waals surface area contributed by atoms with E-state index >= 15 is 0 Å². The van der Waals surface area contributed by atoms with E-state index < -0.39 is 63.9 Å². The number of hydrogen-bond acceptors (Lipinski definition) is 5. The van der Waals surface area contributed by atoms with Crippen molar-refractivity contribution in [2.45, 2.75) is 30.2 Å². The molecule has 2 aliphatic heterocycles. The number of alkyl halides is 6. The minimum Gasteiger partial charge on any atom is -0.362 e. The molecule has 0 spiro atoms. The number of nitrogens with zero attached hydrogens (tertiary/aromatic N) is 2. The fourth-order valence-corrected chi connectivity index (χ4v) is 4.81. The van der Waals surface area contributed by atoms with Gasteiger partial charge in [-0.15, -0.1) is 0 Å². The van der Waals surface area contributed by atoms with Crippen LogP contribution in [0.25, 0.3) is 0 Å². The van der Waals surface area contributed by atoms with Gasteiger partial charge < -0.3 is 10.2 Å². The molecule has 1 amide bonds. The molecule has 2 aromatic rings. The summed E-state index contributed by atoms with van der Waals surface area (Å²) in [6, 6.07) is 3.50. The summed E-state index contributed by atoms with van der Waals surface area (Å²) in [7, 11) is 0. The highest BCUT2D eigenvalue weighted by molar-refractivity contribution is 7.80. The third-order valence-electron chi connectivity index (χ3n) is 6.08. The lowest BCUT2D eigenvalue weighted by Gasteiger charge is -2.33. The highest BCUT2D eigenvalue weighted by atomic mass is 35.5. The van der Waals surface area contributed by atoms with E-state index in [9.17, 15) is 31.1 Å². The van der Waals surface area contributed by atoms with E-state index in [2.05, 4.69) is 15.8 Å². The van der Waals surface area contributed by atoms with Crippen molar-refractivity contribution in [3.8, 4) is 0 Å². The van der Waals surface area contributed by atoms with Gasteiger partial charge in [0.15, 0.2) is 0 Å². The Morgan fingerprint density at radius 2 is 1.94 bits per heavy atom. The van der Waals surface area contributed by atoms with Gasteiger partial charge >= 0.3 is 12.4 Å². The smallest absolute Gasteiger partial charge is 0.362 e. The van der Waals surface area contributed by atoms with Crippen LogP contribution in [0.4, 0.5) is 32.2 Å². The van der Waals surface area contributed by atoms with Crippen LogP contribution < -0.4 is 15.7 Å². The lowest BCUT2D eigenvalue weighted by Crippen LogP contribution is -2.45. The third kappa shape index (κ3) is 4.93. The standard InChI is InChI=1S/C21H16Cl2F6N4O2S/c22-13-6-11(5-12(16(13)23)20(24,25)26)19(21(27,28)29)3-4-33(9-19)15-2-1-10(7-30-15)18(36)31-14-8-35-32-17(14)34/h1-2,5-7,14H,3-4,8-9H2,(H,31,36)(H,32,34). The van der Waals surface area contributed by atoms with E-state index in [0.29, 0.717) is 11.6 Å². The SMILES string of the molecule is O=C1NOCC1NC(=S)c1ccc(N2CCC(c3cc(Cl)c(Cl)c(C(F)(F)F)c3)(C(F)(F)F)C2)nc1. The summed E-state index contributed by atoms with van der Waals surface area (Å²) in [4.78, 5) is 22.1. The Morgan fingerprint density at radius 3 is 2.50 bits per heavy atom. The number of carbonyl (C=O) groups is 1.